The number of rotatable bonds is 6. The molecule has 0 atom stereocenters. The summed E-state index contributed by atoms with van der Waals surface area (Å²) >= 11 is 1.80. The fourth-order valence-corrected chi connectivity index (χ4v) is 9.85. The van der Waals surface area contributed by atoms with Gasteiger partial charge in [0.05, 0.1) is 26.9 Å². The van der Waals surface area contributed by atoms with E-state index in [-0.39, 0.29) is 0 Å². The molecule has 12 rings (SSSR count). The van der Waals surface area contributed by atoms with E-state index in [0.29, 0.717) is 17.5 Å². The molecule has 0 aliphatic heterocycles. The van der Waals surface area contributed by atoms with Gasteiger partial charge in [0.25, 0.3) is 0 Å². The Morgan fingerprint density at radius 2 is 0.883 bits per heavy atom. The van der Waals surface area contributed by atoms with Crippen molar-refractivity contribution in [2.45, 2.75) is 0 Å². The fraction of sp³-hybridized carbons (Fsp3) is 0. The number of para-hydroxylation sites is 3. The van der Waals surface area contributed by atoms with E-state index >= 15 is 0 Å². The van der Waals surface area contributed by atoms with E-state index in [1.54, 1.807) is 11.3 Å². The molecule has 0 spiro atoms. The van der Waals surface area contributed by atoms with Gasteiger partial charge in [-0.05, 0) is 53.6 Å². The Morgan fingerprint density at radius 1 is 0.350 bits per heavy atom. The second-order valence-electron chi connectivity index (χ2n) is 15.0. The summed E-state index contributed by atoms with van der Waals surface area (Å²) in [7, 11) is 0. The van der Waals surface area contributed by atoms with Crippen LogP contribution in [0.15, 0.2) is 200 Å². The number of aromatic nitrogens is 5. The molecule has 0 radical (unpaired) electrons. The van der Waals surface area contributed by atoms with Crippen LogP contribution in [0, 0.1) is 0 Å². The van der Waals surface area contributed by atoms with Gasteiger partial charge in [0.2, 0.25) is 0 Å². The molecule has 0 aliphatic rings. The summed E-state index contributed by atoms with van der Waals surface area (Å²) in [6, 6.07) is 70.2. The molecule has 6 heteroatoms. The lowest BCUT2D eigenvalue weighted by Crippen LogP contribution is -2.01. The number of fused-ring (bicyclic) bond motifs is 8. The van der Waals surface area contributed by atoms with E-state index < -0.39 is 0 Å². The van der Waals surface area contributed by atoms with Gasteiger partial charge in [-0.2, -0.15) is 0 Å². The maximum Gasteiger partial charge on any atom is 0.164 e. The monoisotopic (exact) mass is 783 g/mol. The molecule has 4 aromatic heterocycles. The molecule has 0 unspecified atom stereocenters. The maximum absolute atomic E-state index is 5.25. The van der Waals surface area contributed by atoms with Gasteiger partial charge >= 0.3 is 0 Å². The summed E-state index contributed by atoms with van der Waals surface area (Å²) in [6.45, 7) is 0. The van der Waals surface area contributed by atoms with Crippen molar-refractivity contribution >= 4 is 64.2 Å². The van der Waals surface area contributed by atoms with Crippen LogP contribution in [0.1, 0.15) is 0 Å². The first-order valence-corrected chi connectivity index (χ1v) is 20.9. The summed E-state index contributed by atoms with van der Waals surface area (Å²) in [5.74, 6) is 1.82. The van der Waals surface area contributed by atoms with Crippen molar-refractivity contribution in [2.75, 3.05) is 0 Å². The molecule has 5 nitrogen and oxygen atoms in total. The van der Waals surface area contributed by atoms with Crippen molar-refractivity contribution in [1.82, 2.24) is 24.5 Å². The predicted molar refractivity (Wildman–Crippen MR) is 250 cm³/mol. The van der Waals surface area contributed by atoms with Crippen LogP contribution in [-0.2, 0) is 0 Å². The molecule has 0 amide bonds. The van der Waals surface area contributed by atoms with Crippen LogP contribution in [-0.4, -0.2) is 24.5 Å². The van der Waals surface area contributed by atoms with E-state index in [1.165, 1.54) is 36.3 Å². The van der Waals surface area contributed by atoms with Crippen LogP contribution in [0.4, 0.5) is 0 Å². The van der Waals surface area contributed by atoms with Crippen LogP contribution >= 0.6 is 11.3 Å². The number of pyridine rings is 1. The fourth-order valence-electron chi connectivity index (χ4n) is 8.62. The first-order chi connectivity index (χ1) is 29.7. The molecule has 0 saturated carbocycles. The molecule has 0 N–H and O–H groups in total. The smallest absolute Gasteiger partial charge is 0.164 e. The van der Waals surface area contributed by atoms with Crippen molar-refractivity contribution in [3.05, 3.63) is 200 Å². The molecule has 280 valence electrons. The molecule has 60 heavy (non-hydrogen) atoms. The average Bonchev–Trinajstić information content (AvgIpc) is 3.88. The van der Waals surface area contributed by atoms with Crippen LogP contribution in [0.25, 0.3) is 115 Å². The van der Waals surface area contributed by atoms with E-state index in [0.717, 1.165) is 61.3 Å². The van der Waals surface area contributed by atoms with Crippen molar-refractivity contribution in [2.24, 2.45) is 0 Å². The van der Waals surface area contributed by atoms with Gasteiger partial charge in [-0.3, -0.25) is 0 Å². The second-order valence-corrected chi connectivity index (χ2v) is 16.1. The standard InChI is InChI=1S/C54H33N5S/c1-2-14-34(15-3-1)37-16-12-17-38(32-37)53-56-52(57-54(58-53)39-18-13-19-40(33-39)59-46-25-9-5-20-41(46)42-21-6-10-26-47(42)59)36-30-28-35(29-31-36)50-51-49(43-22-4-8-24-45(43)55-50)44-23-7-11-27-48(44)60-51/h1-33H. The molecule has 0 saturated heterocycles. The summed E-state index contributed by atoms with van der Waals surface area (Å²) in [5, 5.41) is 6.13. The zero-order valence-corrected chi connectivity index (χ0v) is 33.0. The lowest BCUT2D eigenvalue weighted by Gasteiger charge is -2.12. The highest BCUT2D eigenvalue weighted by molar-refractivity contribution is 7.26. The van der Waals surface area contributed by atoms with E-state index in [4.69, 9.17) is 19.9 Å². The molecule has 0 aliphatic carbocycles. The third kappa shape index (κ3) is 5.69. The van der Waals surface area contributed by atoms with Crippen molar-refractivity contribution in [1.29, 1.82) is 0 Å². The number of hydrogen-bond acceptors (Lipinski definition) is 5. The highest BCUT2D eigenvalue weighted by Gasteiger charge is 2.19. The SMILES string of the molecule is c1ccc(-c2cccc(-c3nc(-c4ccc(-c5nc6ccccc6c6c5sc5ccccc56)cc4)nc(-c4cccc(-n5c6ccccc6c6ccccc65)c4)n3)c2)cc1. The van der Waals surface area contributed by atoms with Crippen molar-refractivity contribution < 1.29 is 0 Å². The van der Waals surface area contributed by atoms with Gasteiger partial charge < -0.3 is 4.57 Å². The number of benzene rings is 8. The molecule has 12 aromatic rings. The lowest BCUT2D eigenvalue weighted by atomic mass is 10.0. The zero-order valence-electron chi connectivity index (χ0n) is 32.2. The Morgan fingerprint density at radius 3 is 1.62 bits per heavy atom. The quantitative estimate of drug-likeness (QED) is 0.169. The van der Waals surface area contributed by atoms with Crippen LogP contribution in [0.2, 0.25) is 0 Å². The van der Waals surface area contributed by atoms with Gasteiger partial charge in [-0.15, -0.1) is 11.3 Å². The Hall–Kier alpha value is -7.80. The minimum Gasteiger partial charge on any atom is -0.309 e. The van der Waals surface area contributed by atoms with E-state index in [1.807, 2.05) is 6.07 Å². The molecular formula is C54H33N5S. The summed E-state index contributed by atoms with van der Waals surface area (Å²) in [6.07, 6.45) is 0. The topological polar surface area (TPSA) is 56.5 Å². The molecular weight excluding hydrogens is 751 g/mol. The predicted octanol–water partition coefficient (Wildman–Crippen LogP) is 14.2. The minimum absolute atomic E-state index is 0.604. The molecule has 8 aromatic carbocycles. The third-order valence-corrected chi connectivity index (χ3v) is 12.6. The first-order valence-electron chi connectivity index (χ1n) is 20.1. The first kappa shape index (κ1) is 34.3. The number of nitrogens with zero attached hydrogens (tertiary/aromatic N) is 5. The lowest BCUT2D eigenvalue weighted by molar-refractivity contribution is 1.07. The summed E-state index contributed by atoms with van der Waals surface area (Å²) < 4.78 is 4.77. The third-order valence-electron chi connectivity index (χ3n) is 11.4. The van der Waals surface area contributed by atoms with Gasteiger partial charge in [0.15, 0.2) is 17.5 Å². The average molecular weight is 784 g/mol. The number of hydrogen-bond donors (Lipinski definition) is 0. The molecule has 0 fully saturated rings. The van der Waals surface area contributed by atoms with Gasteiger partial charge in [-0.25, -0.2) is 19.9 Å². The summed E-state index contributed by atoms with van der Waals surface area (Å²) in [5.41, 5.74) is 11.3. The Bertz CT molecular complexity index is 3550. The largest absolute Gasteiger partial charge is 0.309 e. The Balaban J connectivity index is 1.01. The van der Waals surface area contributed by atoms with Gasteiger partial charge in [0.1, 0.15) is 0 Å². The van der Waals surface area contributed by atoms with E-state index in [2.05, 4.69) is 199 Å². The highest BCUT2D eigenvalue weighted by atomic mass is 32.1. The summed E-state index contributed by atoms with van der Waals surface area (Å²) in [4.78, 5) is 20.8. The van der Waals surface area contributed by atoms with Crippen LogP contribution in [0.5, 0.6) is 0 Å². The minimum atomic E-state index is 0.604. The normalized spacial score (nSPS) is 11.7. The molecule has 4 heterocycles. The number of thiophene rings is 1. The Labute approximate surface area is 349 Å². The molecule has 0 bridgehead atoms. The van der Waals surface area contributed by atoms with Crippen molar-refractivity contribution in [3.63, 3.8) is 0 Å². The van der Waals surface area contributed by atoms with Crippen LogP contribution < -0.4 is 0 Å². The maximum atomic E-state index is 5.25. The van der Waals surface area contributed by atoms with Crippen molar-refractivity contribution in [3.8, 4) is 62.2 Å². The Kier molecular flexibility index (Phi) is 7.96. The van der Waals surface area contributed by atoms with Gasteiger partial charge in [-0.1, -0.05) is 158 Å². The highest BCUT2D eigenvalue weighted by Crippen LogP contribution is 2.43. The second kappa shape index (κ2) is 13.9. The van der Waals surface area contributed by atoms with Gasteiger partial charge in [0, 0.05) is 59.6 Å². The van der Waals surface area contributed by atoms with Crippen LogP contribution in [0.3, 0.4) is 0 Å². The van der Waals surface area contributed by atoms with E-state index in [9.17, 15) is 0 Å². The zero-order chi connectivity index (χ0) is 39.6.